The van der Waals surface area contributed by atoms with E-state index in [0.717, 1.165) is 56.3 Å². The maximum absolute atomic E-state index is 13.9. The Labute approximate surface area is 166 Å². The number of unbranched alkanes of at least 4 members (excludes halogenated alkanes) is 2. The normalized spacial score (nSPS) is 13.9. The van der Waals surface area contributed by atoms with Gasteiger partial charge in [0, 0.05) is 6.61 Å². The van der Waals surface area contributed by atoms with Gasteiger partial charge in [0.15, 0.2) is 11.6 Å². The highest BCUT2D eigenvalue weighted by Crippen LogP contribution is 2.40. The van der Waals surface area contributed by atoms with Gasteiger partial charge in [-0.05, 0) is 90.6 Å². The molecule has 0 heterocycles. The summed E-state index contributed by atoms with van der Waals surface area (Å²) in [4.78, 5) is 0. The molecule has 4 heteroatoms. The number of rotatable bonds is 8. The molecule has 2 aromatic rings. The van der Waals surface area contributed by atoms with Gasteiger partial charge in [-0.15, -0.1) is 0 Å². The predicted octanol–water partition coefficient (Wildman–Crippen LogP) is 5.64. The number of hydrogen-bond donors (Lipinski definition) is 1. The molecule has 0 saturated carbocycles. The number of allylic oxidation sites excluding steroid dienone is 2. The number of hydrogen-bond acceptors (Lipinski definition) is 3. The Morgan fingerprint density at radius 3 is 2.57 bits per heavy atom. The average molecular weight is 384 g/mol. The molecule has 28 heavy (non-hydrogen) atoms. The number of ether oxygens (including phenoxy) is 2. The average Bonchev–Trinajstić information content (AvgIpc) is 2.90. The summed E-state index contributed by atoms with van der Waals surface area (Å²) in [6, 6.07) is 11.5. The van der Waals surface area contributed by atoms with Crippen molar-refractivity contribution >= 4 is 11.1 Å². The molecule has 3 rings (SSSR count). The maximum Gasteiger partial charge on any atom is 0.165 e. The Morgan fingerprint density at radius 2 is 1.82 bits per heavy atom. The van der Waals surface area contributed by atoms with Gasteiger partial charge in [0.25, 0.3) is 0 Å². The first-order chi connectivity index (χ1) is 13.7. The molecule has 0 saturated heterocycles. The van der Waals surface area contributed by atoms with Gasteiger partial charge >= 0.3 is 0 Å². The van der Waals surface area contributed by atoms with Gasteiger partial charge < -0.3 is 14.6 Å². The zero-order valence-corrected chi connectivity index (χ0v) is 16.8. The van der Waals surface area contributed by atoms with Crippen molar-refractivity contribution in [1.29, 1.82) is 0 Å². The predicted molar refractivity (Wildman–Crippen MR) is 111 cm³/mol. The minimum Gasteiger partial charge on any atom is -0.497 e. The van der Waals surface area contributed by atoms with E-state index in [2.05, 4.69) is 12.1 Å². The molecule has 1 aliphatic rings. The fourth-order valence-electron chi connectivity index (χ4n) is 4.01. The number of aryl methyl sites for hydroxylation is 1. The van der Waals surface area contributed by atoms with Gasteiger partial charge in [-0.25, -0.2) is 4.39 Å². The molecule has 1 N–H and O–H groups in total. The minimum absolute atomic E-state index is 0.231. The Bertz CT molecular complexity index is 842. The Hall–Kier alpha value is -2.33. The van der Waals surface area contributed by atoms with Crippen LogP contribution in [0.1, 0.15) is 55.2 Å². The van der Waals surface area contributed by atoms with Crippen LogP contribution in [0.15, 0.2) is 36.4 Å². The van der Waals surface area contributed by atoms with E-state index in [0.29, 0.717) is 0 Å². The van der Waals surface area contributed by atoms with Gasteiger partial charge in [0.05, 0.1) is 14.2 Å². The second kappa shape index (κ2) is 9.74. The summed E-state index contributed by atoms with van der Waals surface area (Å²) in [5, 5.41) is 9.10. The van der Waals surface area contributed by atoms with Gasteiger partial charge in [-0.3, -0.25) is 0 Å². The standard InChI is InChI=1S/C24H29FO3/c1-27-19-11-12-21-17(15-19)7-6-9-20(22(21)8-4-3-5-14-26)18-10-13-23(25)24(16-18)28-2/h10-13,15-16,26H,3-9,14H2,1-2H3. The topological polar surface area (TPSA) is 38.7 Å². The molecule has 1 aliphatic carbocycles. The lowest BCUT2D eigenvalue weighted by atomic mass is 9.89. The molecule has 0 atom stereocenters. The van der Waals surface area contributed by atoms with Gasteiger partial charge in [-0.2, -0.15) is 0 Å². The van der Waals surface area contributed by atoms with Crippen LogP contribution < -0.4 is 9.47 Å². The second-order valence-electron chi connectivity index (χ2n) is 7.22. The van der Waals surface area contributed by atoms with Crippen molar-refractivity contribution in [1.82, 2.24) is 0 Å². The molecule has 3 nitrogen and oxygen atoms in total. The fraction of sp³-hybridized carbons (Fsp3) is 0.417. The van der Waals surface area contributed by atoms with E-state index < -0.39 is 0 Å². The molecule has 0 radical (unpaired) electrons. The summed E-state index contributed by atoms with van der Waals surface area (Å²) >= 11 is 0. The highest BCUT2D eigenvalue weighted by Gasteiger charge is 2.20. The van der Waals surface area contributed by atoms with Crippen LogP contribution in [0.3, 0.4) is 0 Å². The fourth-order valence-corrected chi connectivity index (χ4v) is 4.01. The molecular weight excluding hydrogens is 355 g/mol. The molecule has 0 unspecified atom stereocenters. The molecule has 0 amide bonds. The monoisotopic (exact) mass is 384 g/mol. The van der Waals surface area contributed by atoms with E-state index >= 15 is 0 Å². The molecular formula is C24H29FO3. The number of aliphatic hydroxyl groups is 1. The summed E-state index contributed by atoms with van der Waals surface area (Å²) in [7, 11) is 3.20. The zero-order chi connectivity index (χ0) is 19.9. The van der Waals surface area contributed by atoms with Crippen molar-refractivity contribution in [3.05, 3.63) is 58.9 Å². The van der Waals surface area contributed by atoms with Crippen molar-refractivity contribution in [2.45, 2.75) is 44.9 Å². The van der Waals surface area contributed by atoms with E-state index in [9.17, 15) is 4.39 Å². The molecule has 150 valence electrons. The van der Waals surface area contributed by atoms with E-state index in [4.69, 9.17) is 14.6 Å². The molecule has 2 aromatic carbocycles. The van der Waals surface area contributed by atoms with Gasteiger partial charge in [0.1, 0.15) is 5.75 Å². The minimum atomic E-state index is -0.338. The van der Waals surface area contributed by atoms with Crippen molar-refractivity contribution in [3.8, 4) is 11.5 Å². The Kier molecular flexibility index (Phi) is 7.10. The first kappa shape index (κ1) is 20.4. The first-order valence-electron chi connectivity index (χ1n) is 10.0. The number of fused-ring (bicyclic) bond motifs is 1. The third-order valence-corrected chi connectivity index (χ3v) is 5.46. The van der Waals surface area contributed by atoms with Gasteiger partial charge in [-0.1, -0.05) is 18.6 Å². The van der Waals surface area contributed by atoms with Crippen molar-refractivity contribution in [2.24, 2.45) is 0 Å². The third kappa shape index (κ3) is 4.56. The third-order valence-electron chi connectivity index (χ3n) is 5.46. The highest BCUT2D eigenvalue weighted by molar-refractivity contribution is 5.92. The number of benzene rings is 2. The first-order valence-corrected chi connectivity index (χ1v) is 10.0. The highest BCUT2D eigenvalue weighted by atomic mass is 19.1. The van der Waals surface area contributed by atoms with Crippen LogP contribution >= 0.6 is 0 Å². The summed E-state index contributed by atoms with van der Waals surface area (Å²) in [5.41, 5.74) is 6.19. The lowest BCUT2D eigenvalue weighted by molar-refractivity contribution is 0.283. The molecule has 0 bridgehead atoms. The van der Waals surface area contributed by atoms with Crippen molar-refractivity contribution in [2.75, 3.05) is 20.8 Å². The quantitative estimate of drug-likeness (QED) is 0.598. The summed E-state index contributed by atoms with van der Waals surface area (Å²) in [6.45, 7) is 0.231. The van der Waals surface area contributed by atoms with Crippen LogP contribution in [0.4, 0.5) is 4.39 Å². The number of aliphatic hydroxyl groups excluding tert-OH is 1. The maximum atomic E-state index is 13.9. The van der Waals surface area contributed by atoms with Crippen LogP contribution in [-0.2, 0) is 6.42 Å². The SMILES string of the molecule is COc1ccc2c(c1)CCCC(c1ccc(F)c(OC)c1)=C2CCCCCO. The summed E-state index contributed by atoms with van der Waals surface area (Å²) in [6.07, 6.45) is 6.75. The van der Waals surface area contributed by atoms with E-state index in [-0.39, 0.29) is 18.2 Å². The lowest BCUT2D eigenvalue weighted by Gasteiger charge is -2.17. The van der Waals surface area contributed by atoms with Crippen molar-refractivity contribution < 1.29 is 19.0 Å². The number of methoxy groups -OCH3 is 2. The van der Waals surface area contributed by atoms with Crippen LogP contribution in [0.25, 0.3) is 11.1 Å². The Balaban J connectivity index is 2.07. The van der Waals surface area contributed by atoms with Crippen LogP contribution in [0.2, 0.25) is 0 Å². The molecule has 0 spiro atoms. The van der Waals surface area contributed by atoms with E-state index in [1.807, 2.05) is 18.2 Å². The number of halogens is 1. The summed E-state index contributed by atoms with van der Waals surface area (Å²) in [5.74, 6) is 0.823. The summed E-state index contributed by atoms with van der Waals surface area (Å²) < 4.78 is 24.6. The Morgan fingerprint density at radius 1 is 0.964 bits per heavy atom. The largest absolute Gasteiger partial charge is 0.497 e. The van der Waals surface area contributed by atoms with E-state index in [1.54, 1.807) is 7.11 Å². The lowest BCUT2D eigenvalue weighted by Crippen LogP contribution is -1.97. The van der Waals surface area contributed by atoms with Gasteiger partial charge in [0.2, 0.25) is 0 Å². The van der Waals surface area contributed by atoms with Crippen LogP contribution in [-0.4, -0.2) is 25.9 Å². The molecule has 0 aliphatic heterocycles. The van der Waals surface area contributed by atoms with Crippen LogP contribution in [0, 0.1) is 5.82 Å². The van der Waals surface area contributed by atoms with E-state index in [1.165, 1.54) is 35.4 Å². The molecule has 0 aromatic heterocycles. The second-order valence-corrected chi connectivity index (χ2v) is 7.22. The smallest absolute Gasteiger partial charge is 0.165 e. The van der Waals surface area contributed by atoms with Crippen molar-refractivity contribution in [3.63, 3.8) is 0 Å². The molecule has 0 fully saturated rings. The van der Waals surface area contributed by atoms with Crippen LogP contribution in [0.5, 0.6) is 11.5 Å². The zero-order valence-electron chi connectivity index (χ0n) is 16.8.